The number of hydrogen-bond acceptors (Lipinski definition) is 3. The summed E-state index contributed by atoms with van der Waals surface area (Å²) in [5.74, 6) is 3.03. The first kappa shape index (κ1) is 28.1. The van der Waals surface area contributed by atoms with Crippen molar-refractivity contribution in [2.24, 2.45) is 5.92 Å². The molecule has 0 amide bonds. The van der Waals surface area contributed by atoms with Gasteiger partial charge in [0.15, 0.2) is 16.6 Å². The van der Waals surface area contributed by atoms with Crippen LogP contribution in [0.5, 0.6) is 0 Å². The molecule has 166 valence electrons. The van der Waals surface area contributed by atoms with E-state index in [2.05, 4.69) is 60.1 Å². The first-order chi connectivity index (χ1) is 13.9. The predicted molar refractivity (Wildman–Crippen MR) is 131 cm³/mol. The van der Waals surface area contributed by atoms with Crippen LogP contribution in [0.15, 0.2) is 12.7 Å². The van der Waals surface area contributed by atoms with Crippen LogP contribution < -0.4 is 0 Å². The summed E-state index contributed by atoms with van der Waals surface area (Å²) in [5.41, 5.74) is 0. The van der Waals surface area contributed by atoms with Gasteiger partial charge in [0.2, 0.25) is 0 Å². The van der Waals surface area contributed by atoms with Gasteiger partial charge < -0.3 is 8.85 Å². The summed E-state index contributed by atoms with van der Waals surface area (Å²) in [4.78, 5) is 0. The van der Waals surface area contributed by atoms with Crippen LogP contribution in [0.2, 0.25) is 36.3 Å². The fraction of sp³-hybridized carbons (Fsp3) is 0.792. The first-order valence-electron chi connectivity index (χ1n) is 11.7. The maximum atomic E-state index is 9.07. The number of nitrogens with zero attached hydrogens (tertiary/aromatic N) is 1. The van der Waals surface area contributed by atoms with E-state index in [1.165, 1.54) is 0 Å². The molecule has 3 atom stereocenters. The molecular formula is C24H45NO2Si2. The van der Waals surface area contributed by atoms with Gasteiger partial charge in [0.1, 0.15) is 0 Å². The molecule has 0 bridgehead atoms. The van der Waals surface area contributed by atoms with E-state index in [-0.39, 0.29) is 18.1 Å². The number of rotatable bonds is 17. The molecule has 0 heterocycles. The molecule has 3 nitrogen and oxygen atoms in total. The lowest BCUT2D eigenvalue weighted by atomic mass is 9.89. The van der Waals surface area contributed by atoms with Crippen LogP contribution in [0.1, 0.15) is 67.2 Å². The Morgan fingerprint density at radius 3 is 1.79 bits per heavy atom. The molecule has 0 fully saturated rings. The van der Waals surface area contributed by atoms with Gasteiger partial charge in [-0.1, -0.05) is 47.6 Å². The average molecular weight is 436 g/mol. The zero-order chi connectivity index (χ0) is 22.3. The van der Waals surface area contributed by atoms with E-state index in [1.807, 2.05) is 6.08 Å². The van der Waals surface area contributed by atoms with Gasteiger partial charge in [0.05, 0.1) is 18.3 Å². The smallest absolute Gasteiger partial charge is 0.192 e. The first-order valence-corrected chi connectivity index (χ1v) is 16.7. The topological polar surface area (TPSA) is 42.2 Å². The van der Waals surface area contributed by atoms with Crippen molar-refractivity contribution in [1.82, 2.24) is 0 Å². The van der Waals surface area contributed by atoms with Crippen LogP contribution in [0.3, 0.4) is 0 Å². The Bertz CT molecular complexity index is 513. The van der Waals surface area contributed by atoms with Crippen LogP contribution in [-0.2, 0) is 8.85 Å². The van der Waals surface area contributed by atoms with Gasteiger partial charge in [-0.2, -0.15) is 5.26 Å². The summed E-state index contributed by atoms with van der Waals surface area (Å²) in [5, 5.41) is 9.07. The summed E-state index contributed by atoms with van der Waals surface area (Å²) < 4.78 is 13.8. The maximum absolute atomic E-state index is 9.07. The van der Waals surface area contributed by atoms with E-state index < -0.39 is 16.6 Å². The van der Waals surface area contributed by atoms with Crippen molar-refractivity contribution in [1.29, 1.82) is 5.26 Å². The van der Waals surface area contributed by atoms with Gasteiger partial charge in [-0.3, -0.25) is 0 Å². The zero-order valence-electron chi connectivity index (χ0n) is 19.9. The quantitative estimate of drug-likeness (QED) is 0.104. The molecule has 29 heavy (non-hydrogen) atoms. The lowest BCUT2D eigenvalue weighted by molar-refractivity contribution is 0.0474. The molecule has 0 rings (SSSR count). The Morgan fingerprint density at radius 1 is 0.931 bits per heavy atom. The van der Waals surface area contributed by atoms with E-state index >= 15 is 0 Å². The maximum Gasteiger partial charge on any atom is 0.192 e. The van der Waals surface area contributed by atoms with Crippen molar-refractivity contribution >= 4 is 16.6 Å². The zero-order valence-corrected chi connectivity index (χ0v) is 21.9. The Labute approximate surface area is 183 Å². The van der Waals surface area contributed by atoms with Crippen LogP contribution in [0.4, 0.5) is 0 Å². The molecular weight excluding hydrogens is 390 g/mol. The van der Waals surface area contributed by atoms with E-state index in [9.17, 15) is 0 Å². The molecule has 0 aliphatic carbocycles. The monoisotopic (exact) mass is 435 g/mol. The van der Waals surface area contributed by atoms with E-state index in [0.717, 1.165) is 49.1 Å². The van der Waals surface area contributed by atoms with Crippen molar-refractivity contribution in [3.63, 3.8) is 0 Å². The van der Waals surface area contributed by atoms with Gasteiger partial charge >= 0.3 is 0 Å². The second kappa shape index (κ2) is 15.0. The molecule has 0 saturated heterocycles. The Balaban J connectivity index is 5.94. The molecule has 0 aromatic rings. The minimum atomic E-state index is -1.81. The van der Waals surface area contributed by atoms with Gasteiger partial charge in [-0.25, -0.2) is 0 Å². The third kappa shape index (κ3) is 8.42. The molecule has 0 N–H and O–H groups in total. The number of terminal acetylenes is 1. The van der Waals surface area contributed by atoms with E-state index in [1.54, 1.807) is 0 Å². The average Bonchev–Trinajstić information content (AvgIpc) is 2.77. The number of nitriles is 1. The minimum absolute atomic E-state index is 0.0227. The predicted octanol–water partition coefficient (Wildman–Crippen LogP) is 7.29. The Hall–Kier alpha value is -0.856. The highest BCUT2D eigenvalue weighted by atomic mass is 28.4. The fourth-order valence-electron chi connectivity index (χ4n) is 4.30. The molecule has 5 heteroatoms. The lowest BCUT2D eigenvalue weighted by Crippen LogP contribution is -2.48. The van der Waals surface area contributed by atoms with Gasteiger partial charge in [-0.15, -0.1) is 18.9 Å². The summed E-state index contributed by atoms with van der Waals surface area (Å²) in [6, 6.07) is 8.90. The molecule has 0 aromatic carbocycles. The summed E-state index contributed by atoms with van der Waals surface area (Å²) in [6.45, 7) is 17.6. The van der Waals surface area contributed by atoms with Crippen LogP contribution in [0, 0.1) is 29.6 Å². The minimum Gasteiger partial charge on any atom is -0.413 e. The van der Waals surface area contributed by atoms with Crippen molar-refractivity contribution < 1.29 is 8.85 Å². The largest absolute Gasteiger partial charge is 0.413 e. The summed E-state index contributed by atoms with van der Waals surface area (Å²) in [6.07, 6.45) is 10.6. The molecule has 0 spiro atoms. The summed E-state index contributed by atoms with van der Waals surface area (Å²) >= 11 is 0. The van der Waals surface area contributed by atoms with Gasteiger partial charge in [-0.05, 0) is 49.1 Å². The molecule has 0 radical (unpaired) electrons. The molecule has 0 saturated carbocycles. The molecule has 0 aliphatic heterocycles. The highest BCUT2D eigenvalue weighted by molar-refractivity contribution is 6.74. The third-order valence-electron chi connectivity index (χ3n) is 6.93. The summed E-state index contributed by atoms with van der Waals surface area (Å²) in [7, 11) is -3.61. The van der Waals surface area contributed by atoms with E-state index in [0.29, 0.717) is 12.8 Å². The van der Waals surface area contributed by atoms with Crippen molar-refractivity contribution in [2.75, 3.05) is 0 Å². The van der Waals surface area contributed by atoms with Gasteiger partial charge in [0.25, 0.3) is 0 Å². The van der Waals surface area contributed by atoms with E-state index in [4.69, 9.17) is 20.5 Å². The fourth-order valence-corrected chi connectivity index (χ4v) is 10.0. The van der Waals surface area contributed by atoms with Gasteiger partial charge in [0, 0.05) is 18.8 Å². The normalized spacial score (nSPS) is 15.2. The van der Waals surface area contributed by atoms with Crippen molar-refractivity contribution in [3.8, 4) is 18.4 Å². The standard InChI is InChI=1S/C24H45NO2Si2/c1-9-19-24(27-29(14-6,15-7)16-8)22(20-17-18-21-25)23(10-2)26-28(11-3,12-4)13-5/h1,10,22-24H,2,11-20H2,3-8H3/t22-,23-,24-/m1/s1. The SMILES string of the molecule is C#CC[C@@H](O[Si](CC)(CC)CC)[C@H](CCCC#N)[C@@H](C=C)O[Si](CC)(CC)CC. The second-order valence-corrected chi connectivity index (χ2v) is 17.5. The number of hydrogen-bond donors (Lipinski definition) is 0. The van der Waals surface area contributed by atoms with Crippen LogP contribution >= 0.6 is 0 Å². The second-order valence-electron chi connectivity index (χ2n) is 8.08. The van der Waals surface area contributed by atoms with Crippen molar-refractivity contribution in [2.45, 2.75) is 116 Å². The highest BCUT2D eigenvalue weighted by Crippen LogP contribution is 2.34. The van der Waals surface area contributed by atoms with Crippen molar-refractivity contribution in [3.05, 3.63) is 12.7 Å². The lowest BCUT2D eigenvalue weighted by Gasteiger charge is -2.41. The molecule has 0 aromatic heterocycles. The van der Waals surface area contributed by atoms with Crippen LogP contribution in [-0.4, -0.2) is 28.8 Å². The number of unbranched alkanes of at least 4 members (excludes halogenated alkanes) is 1. The molecule has 0 unspecified atom stereocenters. The Morgan fingerprint density at radius 2 is 1.41 bits per heavy atom. The van der Waals surface area contributed by atoms with Crippen LogP contribution in [0.25, 0.3) is 0 Å². The Kier molecular flexibility index (Phi) is 14.6. The third-order valence-corrected chi connectivity index (χ3v) is 16.2. The highest BCUT2D eigenvalue weighted by Gasteiger charge is 2.40. The molecule has 0 aliphatic rings.